The molecule has 0 bridgehead atoms. The first-order valence-corrected chi connectivity index (χ1v) is 6.83. The number of fused-ring (bicyclic) bond motifs is 1. The molecule has 1 atom stereocenters. The normalized spacial score (nSPS) is 12.9. The van der Waals surface area contributed by atoms with Crippen LogP contribution in [-0.4, -0.2) is 16.7 Å². The third-order valence-corrected chi connectivity index (χ3v) is 3.15. The van der Waals surface area contributed by atoms with Crippen LogP contribution in [0.3, 0.4) is 0 Å². The van der Waals surface area contributed by atoms with Crippen molar-refractivity contribution >= 4 is 11.0 Å². The summed E-state index contributed by atoms with van der Waals surface area (Å²) in [5.74, 6) is 1.60. The van der Waals surface area contributed by atoms with Crippen molar-refractivity contribution in [3.05, 3.63) is 36.2 Å². The summed E-state index contributed by atoms with van der Waals surface area (Å²) in [6.07, 6.45) is 1.06. The summed E-state index contributed by atoms with van der Waals surface area (Å²) in [6, 6.07) is 9.77. The predicted octanol–water partition coefficient (Wildman–Crippen LogP) is 3.54. The van der Waals surface area contributed by atoms with Gasteiger partial charge in [0.2, 0.25) is 5.89 Å². The largest absolute Gasteiger partial charge is 0.451 e. The fraction of sp³-hybridized carbons (Fsp3) is 0.333. The van der Waals surface area contributed by atoms with E-state index in [-0.39, 0.29) is 6.04 Å². The van der Waals surface area contributed by atoms with Crippen LogP contribution in [0.5, 0.6) is 0 Å². The van der Waals surface area contributed by atoms with Gasteiger partial charge in [0.1, 0.15) is 5.58 Å². The Morgan fingerprint density at radius 1 is 1.20 bits per heavy atom. The van der Waals surface area contributed by atoms with E-state index in [4.69, 9.17) is 8.83 Å². The van der Waals surface area contributed by atoms with Crippen LogP contribution in [-0.2, 0) is 0 Å². The van der Waals surface area contributed by atoms with Gasteiger partial charge in [-0.15, -0.1) is 10.2 Å². The van der Waals surface area contributed by atoms with Crippen LogP contribution in [0.25, 0.3) is 22.6 Å². The molecule has 0 aliphatic carbocycles. The lowest BCUT2D eigenvalue weighted by Gasteiger charge is -2.07. The smallest absolute Gasteiger partial charge is 0.283 e. The Labute approximate surface area is 117 Å². The fourth-order valence-corrected chi connectivity index (χ4v) is 2.04. The number of aromatic nitrogens is 2. The summed E-state index contributed by atoms with van der Waals surface area (Å²) in [6.45, 7) is 5.04. The van der Waals surface area contributed by atoms with Crippen LogP contribution < -0.4 is 5.32 Å². The minimum atomic E-state index is 0.0422. The zero-order chi connectivity index (χ0) is 13.9. The number of nitrogens with one attached hydrogen (secondary N) is 1. The lowest BCUT2D eigenvalue weighted by atomic mass is 10.2. The highest BCUT2D eigenvalue weighted by atomic mass is 16.4. The van der Waals surface area contributed by atoms with Crippen molar-refractivity contribution in [2.75, 3.05) is 6.54 Å². The molecule has 1 N–H and O–H groups in total. The standard InChI is InChI=1S/C15H17N3O2/c1-3-8-16-10(2)14-17-18-15(20-14)13-9-11-6-4-5-7-12(11)19-13/h4-7,9-10,16H,3,8H2,1-2H3. The minimum Gasteiger partial charge on any atom is -0.451 e. The fourth-order valence-electron chi connectivity index (χ4n) is 2.04. The van der Waals surface area contributed by atoms with Crippen molar-refractivity contribution in [1.29, 1.82) is 0 Å². The van der Waals surface area contributed by atoms with Crippen LogP contribution in [0.2, 0.25) is 0 Å². The Bertz CT molecular complexity index is 669. The summed E-state index contributed by atoms with van der Waals surface area (Å²) < 4.78 is 11.4. The molecule has 0 spiro atoms. The molecule has 2 heterocycles. The maximum absolute atomic E-state index is 5.71. The number of hydrogen-bond donors (Lipinski definition) is 1. The Morgan fingerprint density at radius 2 is 2.05 bits per heavy atom. The molecule has 5 heteroatoms. The molecular formula is C15H17N3O2. The van der Waals surface area contributed by atoms with Gasteiger partial charge in [0, 0.05) is 5.39 Å². The molecule has 0 aliphatic heterocycles. The van der Waals surface area contributed by atoms with Crippen LogP contribution >= 0.6 is 0 Å². The van der Waals surface area contributed by atoms with E-state index >= 15 is 0 Å². The van der Waals surface area contributed by atoms with Gasteiger partial charge in [-0.25, -0.2) is 0 Å². The predicted molar refractivity (Wildman–Crippen MR) is 76.2 cm³/mol. The summed E-state index contributed by atoms with van der Waals surface area (Å²) in [7, 11) is 0. The molecular weight excluding hydrogens is 254 g/mol. The van der Waals surface area contributed by atoms with E-state index in [0.29, 0.717) is 17.5 Å². The molecule has 3 rings (SSSR count). The summed E-state index contributed by atoms with van der Waals surface area (Å²) >= 11 is 0. The molecule has 20 heavy (non-hydrogen) atoms. The summed E-state index contributed by atoms with van der Waals surface area (Å²) in [5, 5.41) is 12.5. The van der Waals surface area contributed by atoms with E-state index in [9.17, 15) is 0 Å². The van der Waals surface area contributed by atoms with Gasteiger partial charge in [0.15, 0.2) is 5.76 Å². The van der Waals surface area contributed by atoms with Crippen molar-refractivity contribution in [3.8, 4) is 11.7 Å². The third kappa shape index (κ3) is 2.44. The molecule has 104 valence electrons. The number of rotatable bonds is 5. The SMILES string of the molecule is CCCNC(C)c1nnc(-c2cc3ccccc3o2)o1. The van der Waals surface area contributed by atoms with E-state index in [1.807, 2.05) is 37.3 Å². The molecule has 1 unspecified atom stereocenters. The third-order valence-electron chi connectivity index (χ3n) is 3.15. The molecule has 1 aromatic carbocycles. The molecule has 0 aliphatic rings. The van der Waals surface area contributed by atoms with Crippen molar-refractivity contribution < 1.29 is 8.83 Å². The Balaban J connectivity index is 1.85. The molecule has 0 saturated heterocycles. The zero-order valence-corrected chi connectivity index (χ0v) is 11.6. The zero-order valence-electron chi connectivity index (χ0n) is 11.6. The van der Waals surface area contributed by atoms with Crippen LogP contribution in [0.1, 0.15) is 32.2 Å². The number of benzene rings is 1. The lowest BCUT2D eigenvalue weighted by molar-refractivity contribution is 0.417. The summed E-state index contributed by atoms with van der Waals surface area (Å²) in [5.41, 5.74) is 0.819. The topological polar surface area (TPSA) is 64.1 Å². The maximum Gasteiger partial charge on any atom is 0.283 e. The molecule has 2 aromatic heterocycles. The van der Waals surface area contributed by atoms with Gasteiger partial charge in [-0.3, -0.25) is 0 Å². The van der Waals surface area contributed by atoms with Crippen molar-refractivity contribution in [1.82, 2.24) is 15.5 Å². The van der Waals surface area contributed by atoms with Crippen LogP contribution in [0, 0.1) is 0 Å². The van der Waals surface area contributed by atoms with Gasteiger partial charge in [-0.2, -0.15) is 0 Å². The van der Waals surface area contributed by atoms with E-state index in [2.05, 4.69) is 22.4 Å². The Kier molecular flexibility index (Phi) is 3.52. The van der Waals surface area contributed by atoms with Gasteiger partial charge in [-0.05, 0) is 32.0 Å². The monoisotopic (exact) mass is 271 g/mol. The molecule has 0 fully saturated rings. The van der Waals surface area contributed by atoms with Gasteiger partial charge in [-0.1, -0.05) is 25.1 Å². The second kappa shape index (κ2) is 5.46. The first kappa shape index (κ1) is 12.9. The Morgan fingerprint density at radius 3 is 2.85 bits per heavy atom. The van der Waals surface area contributed by atoms with E-state index in [0.717, 1.165) is 23.9 Å². The van der Waals surface area contributed by atoms with Crippen molar-refractivity contribution in [2.24, 2.45) is 0 Å². The molecule has 0 amide bonds. The number of furan rings is 1. The maximum atomic E-state index is 5.71. The van der Waals surface area contributed by atoms with E-state index < -0.39 is 0 Å². The number of para-hydroxylation sites is 1. The number of nitrogens with zero attached hydrogens (tertiary/aromatic N) is 2. The molecule has 5 nitrogen and oxygen atoms in total. The minimum absolute atomic E-state index is 0.0422. The highest BCUT2D eigenvalue weighted by molar-refractivity contribution is 5.81. The highest BCUT2D eigenvalue weighted by Gasteiger charge is 2.16. The van der Waals surface area contributed by atoms with E-state index in [1.165, 1.54) is 0 Å². The highest BCUT2D eigenvalue weighted by Crippen LogP contribution is 2.27. The first-order valence-electron chi connectivity index (χ1n) is 6.83. The first-order chi connectivity index (χ1) is 9.78. The van der Waals surface area contributed by atoms with Crippen LogP contribution in [0.4, 0.5) is 0 Å². The van der Waals surface area contributed by atoms with Gasteiger partial charge in [0.05, 0.1) is 6.04 Å². The van der Waals surface area contributed by atoms with Crippen molar-refractivity contribution in [3.63, 3.8) is 0 Å². The number of hydrogen-bond acceptors (Lipinski definition) is 5. The van der Waals surface area contributed by atoms with Gasteiger partial charge < -0.3 is 14.2 Å². The molecule has 0 radical (unpaired) electrons. The quantitative estimate of drug-likeness (QED) is 0.768. The lowest BCUT2D eigenvalue weighted by Crippen LogP contribution is -2.19. The van der Waals surface area contributed by atoms with Crippen molar-refractivity contribution in [2.45, 2.75) is 26.3 Å². The second-order valence-corrected chi connectivity index (χ2v) is 4.77. The second-order valence-electron chi connectivity index (χ2n) is 4.77. The molecule has 0 saturated carbocycles. The van der Waals surface area contributed by atoms with Gasteiger partial charge in [0.25, 0.3) is 5.89 Å². The van der Waals surface area contributed by atoms with Gasteiger partial charge >= 0.3 is 0 Å². The average Bonchev–Trinajstić information content (AvgIpc) is 3.10. The van der Waals surface area contributed by atoms with Crippen LogP contribution in [0.15, 0.2) is 39.2 Å². The average molecular weight is 271 g/mol. The van der Waals surface area contributed by atoms with E-state index in [1.54, 1.807) is 0 Å². The summed E-state index contributed by atoms with van der Waals surface area (Å²) in [4.78, 5) is 0. The Hall–Kier alpha value is -2.14. The molecule has 3 aromatic rings.